The van der Waals surface area contributed by atoms with Crippen molar-refractivity contribution >= 4 is 11.0 Å². The van der Waals surface area contributed by atoms with Gasteiger partial charge in [-0.25, -0.2) is 0 Å². The molecule has 0 bridgehead atoms. The molecule has 0 atom stereocenters. The average molecular weight is 219 g/mol. The standard InChI is InChI=1S/C13H17NO2/c1-4-9-10-6-5-7-11(15-3)13(10)16-12(9)8-14-2/h5-7,14H,4,8H2,1-3H3. The van der Waals surface area contributed by atoms with Gasteiger partial charge in [-0.15, -0.1) is 0 Å². The second-order valence-corrected chi connectivity index (χ2v) is 3.72. The molecule has 1 aromatic heterocycles. The second kappa shape index (κ2) is 4.58. The summed E-state index contributed by atoms with van der Waals surface area (Å²) in [5, 5.41) is 4.28. The predicted molar refractivity (Wildman–Crippen MR) is 64.9 cm³/mol. The molecule has 1 heterocycles. The van der Waals surface area contributed by atoms with Crippen molar-refractivity contribution in [2.75, 3.05) is 14.2 Å². The number of methoxy groups -OCH3 is 1. The van der Waals surface area contributed by atoms with Crippen molar-refractivity contribution in [3.8, 4) is 5.75 Å². The molecule has 2 aromatic rings. The van der Waals surface area contributed by atoms with Crippen LogP contribution in [0.2, 0.25) is 0 Å². The Labute approximate surface area is 95.4 Å². The Morgan fingerprint density at radius 1 is 1.38 bits per heavy atom. The highest BCUT2D eigenvalue weighted by Crippen LogP contribution is 2.32. The molecule has 0 unspecified atom stereocenters. The number of furan rings is 1. The third-order valence-electron chi connectivity index (χ3n) is 2.78. The van der Waals surface area contributed by atoms with Crippen molar-refractivity contribution < 1.29 is 9.15 Å². The zero-order valence-corrected chi connectivity index (χ0v) is 9.96. The van der Waals surface area contributed by atoms with Crippen LogP contribution in [0.4, 0.5) is 0 Å². The smallest absolute Gasteiger partial charge is 0.176 e. The number of nitrogens with one attached hydrogen (secondary N) is 1. The molecule has 86 valence electrons. The van der Waals surface area contributed by atoms with E-state index in [1.165, 1.54) is 5.56 Å². The van der Waals surface area contributed by atoms with Crippen LogP contribution < -0.4 is 10.1 Å². The van der Waals surface area contributed by atoms with Crippen LogP contribution >= 0.6 is 0 Å². The van der Waals surface area contributed by atoms with E-state index in [0.717, 1.165) is 35.4 Å². The number of para-hydroxylation sites is 1. The third-order valence-corrected chi connectivity index (χ3v) is 2.78. The number of benzene rings is 1. The highest BCUT2D eigenvalue weighted by atomic mass is 16.5. The first-order valence-corrected chi connectivity index (χ1v) is 5.53. The first-order chi connectivity index (χ1) is 7.81. The predicted octanol–water partition coefficient (Wildman–Crippen LogP) is 2.72. The molecular weight excluding hydrogens is 202 g/mol. The lowest BCUT2D eigenvalue weighted by Crippen LogP contribution is -2.05. The van der Waals surface area contributed by atoms with Gasteiger partial charge in [-0.05, 0) is 19.5 Å². The maximum atomic E-state index is 5.86. The van der Waals surface area contributed by atoms with Crippen LogP contribution in [0, 0.1) is 0 Å². The molecule has 0 aliphatic heterocycles. The molecule has 0 fully saturated rings. The number of ether oxygens (including phenoxy) is 1. The van der Waals surface area contributed by atoms with E-state index in [-0.39, 0.29) is 0 Å². The Morgan fingerprint density at radius 3 is 2.81 bits per heavy atom. The van der Waals surface area contributed by atoms with Gasteiger partial charge in [0.25, 0.3) is 0 Å². The van der Waals surface area contributed by atoms with Gasteiger partial charge in [0.2, 0.25) is 0 Å². The summed E-state index contributed by atoms with van der Waals surface area (Å²) in [5.74, 6) is 1.80. The quantitative estimate of drug-likeness (QED) is 0.858. The summed E-state index contributed by atoms with van der Waals surface area (Å²) in [6.07, 6.45) is 0.969. The van der Waals surface area contributed by atoms with E-state index in [1.807, 2.05) is 19.2 Å². The van der Waals surface area contributed by atoms with E-state index in [0.29, 0.717) is 0 Å². The number of hydrogen-bond donors (Lipinski definition) is 1. The lowest BCUT2D eigenvalue weighted by atomic mass is 10.1. The van der Waals surface area contributed by atoms with Crippen molar-refractivity contribution in [2.45, 2.75) is 19.9 Å². The molecular formula is C13H17NO2. The summed E-state index contributed by atoms with van der Waals surface area (Å²) in [4.78, 5) is 0. The minimum Gasteiger partial charge on any atom is -0.493 e. The Bertz CT molecular complexity index is 488. The summed E-state index contributed by atoms with van der Waals surface area (Å²) in [7, 11) is 3.59. The van der Waals surface area contributed by atoms with Crippen LogP contribution in [0.3, 0.4) is 0 Å². The molecule has 0 saturated heterocycles. The molecule has 1 N–H and O–H groups in total. The van der Waals surface area contributed by atoms with Crippen molar-refractivity contribution in [2.24, 2.45) is 0 Å². The molecule has 2 rings (SSSR count). The van der Waals surface area contributed by atoms with Crippen LogP contribution in [0.5, 0.6) is 5.75 Å². The fourth-order valence-electron chi connectivity index (χ4n) is 2.05. The largest absolute Gasteiger partial charge is 0.493 e. The summed E-state index contributed by atoms with van der Waals surface area (Å²) in [5.41, 5.74) is 2.12. The van der Waals surface area contributed by atoms with Crippen LogP contribution in [-0.2, 0) is 13.0 Å². The molecule has 0 aliphatic rings. The fraction of sp³-hybridized carbons (Fsp3) is 0.385. The molecule has 0 amide bonds. The summed E-state index contributed by atoms with van der Waals surface area (Å²) < 4.78 is 11.2. The lowest BCUT2D eigenvalue weighted by Gasteiger charge is -1.99. The maximum absolute atomic E-state index is 5.86. The Morgan fingerprint density at radius 2 is 2.19 bits per heavy atom. The molecule has 16 heavy (non-hydrogen) atoms. The fourth-order valence-corrected chi connectivity index (χ4v) is 2.05. The molecule has 0 saturated carbocycles. The van der Waals surface area contributed by atoms with E-state index < -0.39 is 0 Å². The maximum Gasteiger partial charge on any atom is 0.176 e. The van der Waals surface area contributed by atoms with Crippen LogP contribution in [-0.4, -0.2) is 14.2 Å². The number of fused-ring (bicyclic) bond motifs is 1. The van der Waals surface area contributed by atoms with Gasteiger partial charge in [0.15, 0.2) is 11.3 Å². The highest BCUT2D eigenvalue weighted by Gasteiger charge is 2.14. The van der Waals surface area contributed by atoms with Gasteiger partial charge in [0.1, 0.15) is 5.76 Å². The minimum absolute atomic E-state index is 0.751. The topological polar surface area (TPSA) is 34.4 Å². The normalized spacial score (nSPS) is 10.9. The third kappa shape index (κ3) is 1.67. The number of aryl methyl sites for hydroxylation is 1. The van der Waals surface area contributed by atoms with E-state index in [9.17, 15) is 0 Å². The van der Waals surface area contributed by atoms with Crippen molar-refractivity contribution in [3.63, 3.8) is 0 Å². The Balaban J connectivity index is 2.65. The van der Waals surface area contributed by atoms with E-state index in [1.54, 1.807) is 7.11 Å². The number of rotatable bonds is 4. The first-order valence-electron chi connectivity index (χ1n) is 5.53. The molecule has 0 aliphatic carbocycles. The van der Waals surface area contributed by atoms with E-state index in [2.05, 4.69) is 18.3 Å². The molecule has 3 nitrogen and oxygen atoms in total. The second-order valence-electron chi connectivity index (χ2n) is 3.72. The van der Waals surface area contributed by atoms with Crippen molar-refractivity contribution in [3.05, 3.63) is 29.5 Å². The van der Waals surface area contributed by atoms with Gasteiger partial charge in [-0.3, -0.25) is 0 Å². The minimum atomic E-state index is 0.751. The Hall–Kier alpha value is -1.48. The highest BCUT2D eigenvalue weighted by molar-refractivity contribution is 5.87. The number of hydrogen-bond acceptors (Lipinski definition) is 3. The van der Waals surface area contributed by atoms with Gasteiger partial charge in [0.05, 0.1) is 13.7 Å². The molecule has 3 heteroatoms. The van der Waals surface area contributed by atoms with Crippen molar-refractivity contribution in [1.29, 1.82) is 0 Å². The summed E-state index contributed by atoms with van der Waals surface area (Å²) >= 11 is 0. The molecule has 0 radical (unpaired) electrons. The van der Waals surface area contributed by atoms with Gasteiger partial charge < -0.3 is 14.5 Å². The zero-order chi connectivity index (χ0) is 11.5. The SMILES string of the molecule is CCc1c(CNC)oc2c(OC)cccc12. The average Bonchev–Trinajstić information content (AvgIpc) is 2.66. The lowest BCUT2D eigenvalue weighted by molar-refractivity contribution is 0.406. The van der Waals surface area contributed by atoms with E-state index >= 15 is 0 Å². The molecule has 1 aromatic carbocycles. The zero-order valence-electron chi connectivity index (χ0n) is 9.96. The first kappa shape index (κ1) is 11.0. The Kier molecular flexibility index (Phi) is 3.15. The van der Waals surface area contributed by atoms with Crippen LogP contribution in [0.1, 0.15) is 18.2 Å². The van der Waals surface area contributed by atoms with Gasteiger partial charge in [0, 0.05) is 10.9 Å². The van der Waals surface area contributed by atoms with Crippen molar-refractivity contribution in [1.82, 2.24) is 5.32 Å². The summed E-state index contributed by atoms with van der Waals surface area (Å²) in [6.45, 7) is 2.89. The van der Waals surface area contributed by atoms with Crippen LogP contribution in [0.25, 0.3) is 11.0 Å². The summed E-state index contributed by atoms with van der Waals surface area (Å²) in [6, 6.07) is 6.01. The van der Waals surface area contributed by atoms with Gasteiger partial charge in [-0.2, -0.15) is 0 Å². The van der Waals surface area contributed by atoms with Gasteiger partial charge in [-0.1, -0.05) is 19.1 Å². The monoisotopic (exact) mass is 219 g/mol. The van der Waals surface area contributed by atoms with Crippen LogP contribution in [0.15, 0.2) is 22.6 Å². The van der Waals surface area contributed by atoms with Gasteiger partial charge >= 0.3 is 0 Å². The molecule has 0 spiro atoms. The van der Waals surface area contributed by atoms with E-state index in [4.69, 9.17) is 9.15 Å².